The molecule has 0 saturated heterocycles. The van der Waals surface area contributed by atoms with Crippen LogP contribution in [-0.4, -0.2) is 30.3 Å². The third-order valence-electron chi connectivity index (χ3n) is 4.13. The summed E-state index contributed by atoms with van der Waals surface area (Å²) in [5, 5.41) is 8.74. The molecule has 0 unspecified atom stereocenters. The monoisotopic (exact) mass is 414 g/mol. The van der Waals surface area contributed by atoms with Gasteiger partial charge in [0.2, 0.25) is 9.04 Å². The molecule has 28 heavy (non-hydrogen) atoms. The summed E-state index contributed by atoms with van der Waals surface area (Å²) in [6, 6.07) is 20.9. The van der Waals surface area contributed by atoms with Gasteiger partial charge in [-0.05, 0) is 22.5 Å². The van der Waals surface area contributed by atoms with E-state index in [2.05, 4.69) is 24.1 Å². The average molecular weight is 415 g/mol. The summed E-state index contributed by atoms with van der Waals surface area (Å²) in [7, 11) is -3.90. The van der Waals surface area contributed by atoms with Crippen LogP contribution in [0.15, 0.2) is 70.9 Å². The predicted molar refractivity (Wildman–Crippen MR) is 114 cm³/mol. The summed E-state index contributed by atoms with van der Waals surface area (Å²) in [6.45, 7) is 4.11. The first-order chi connectivity index (χ1) is 13.6. The van der Waals surface area contributed by atoms with Crippen molar-refractivity contribution in [3.05, 3.63) is 60.7 Å². The van der Waals surface area contributed by atoms with Crippen LogP contribution in [0.3, 0.4) is 0 Å². The highest BCUT2D eigenvalue weighted by Gasteiger charge is 2.22. The number of carbonyl (C=O) groups is 2. The topological polar surface area (TPSA) is 77.3 Å². The van der Waals surface area contributed by atoms with Gasteiger partial charge in [-0.15, -0.1) is 0 Å². The maximum absolute atomic E-state index is 12.2. The number of hydrogen-bond acceptors (Lipinski definition) is 4. The lowest BCUT2D eigenvalue weighted by atomic mass is 10.4. The van der Waals surface area contributed by atoms with E-state index in [1.165, 1.54) is 0 Å². The van der Waals surface area contributed by atoms with Crippen LogP contribution in [0.4, 0.5) is 9.59 Å². The second-order valence-corrected chi connectivity index (χ2v) is 11.3. The summed E-state index contributed by atoms with van der Waals surface area (Å²) in [5.74, 6) is 0. The molecule has 0 bridgehead atoms. The Morgan fingerprint density at radius 3 is 1.61 bits per heavy atom. The van der Waals surface area contributed by atoms with E-state index in [1.54, 1.807) is 0 Å². The summed E-state index contributed by atoms with van der Waals surface area (Å²) in [5.41, 5.74) is 0. The van der Waals surface area contributed by atoms with Crippen molar-refractivity contribution in [3.63, 3.8) is 0 Å². The van der Waals surface area contributed by atoms with Gasteiger partial charge >= 0.3 is 21.2 Å². The number of hydrogen-bond donors (Lipinski definition) is 0. The third-order valence-corrected chi connectivity index (χ3v) is 9.52. The number of rotatable bonds is 8. The SMILES string of the molecule is CCC[SiH](CCC)OC(=O)N=NC(=O)O[SiH](c1ccccc1)c1ccccc1. The van der Waals surface area contributed by atoms with E-state index in [0.717, 1.165) is 35.3 Å². The molecule has 0 spiro atoms. The van der Waals surface area contributed by atoms with Gasteiger partial charge in [0.25, 0.3) is 0 Å². The van der Waals surface area contributed by atoms with Crippen LogP contribution >= 0.6 is 0 Å². The van der Waals surface area contributed by atoms with Crippen molar-refractivity contribution < 1.29 is 18.4 Å². The van der Waals surface area contributed by atoms with Gasteiger partial charge in [0.1, 0.15) is 0 Å². The number of benzene rings is 2. The highest BCUT2D eigenvalue weighted by molar-refractivity contribution is 6.81. The molecule has 8 heteroatoms. The molecular weight excluding hydrogens is 388 g/mol. The number of azo groups is 1. The number of amides is 2. The second kappa shape index (κ2) is 12.0. The van der Waals surface area contributed by atoms with Crippen LogP contribution in [0.1, 0.15) is 26.7 Å². The molecule has 6 nitrogen and oxygen atoms in total. The molecule has 0 fully saturated rings. The van der Waals surface area contributed by atoms with Crippen molar-refractivity contribution in [3.8, 4) is 0 Å². The fourth-order valence-corrected chi connectivity index (χ4v) is 7.06. The molecule has 0 heterocycles. The van der Waals surface area contributed by atoms with Crippen LogP contribution in [0.2, 0.25) is 12.1 Å². The van der Waals surface area contributed by atoms with Crippen LogP contribution in [-0.2, 0) is 8.85 Å². The lowest BCUT2D eigenvalue weighted by molar-refractivity contribution is 0.201. The summed E-state index contributed by atoms with van der Waals surface area (Å²) in [4.78, 5) is 24.1. The Hall–Kier alpha value is -2.59. The van der Waals surface area contributed by atoms with Gasteiger partial charge in [-0.25, -0.2) is 9.59 Å². The highest BCUT2D eigenvalue weighted by Crippen LogP contribution is 2.08. The van der Waals surface area contributed by atoms with Crippen molar-refractivity contribution in [2.45, 2.75) is 38.8 Å². The lowest BCUT2D eigenvalue weighted by Crippen LogP contribution is -2.45. The lowest BCUT2D eigenvalue weighted by Gasteiger charge is -2.15. The van der Waals surface area contributed by atoms with Gasteiger partial charge in [0.15, 0.2) is 0 Å². The van der Waals surface area contributed by atoms with Gasteiger partial charge in [-0.3, -0.25) is 0 Å². The maximum Gasteiger partial charge on any atom is 0.439 e. The van der Waals surface area contributed by atoms with Gasteiger partial charge < -0.3 is 8.85 Å². The van der Waals surface area contributed by atoms with Crippen molar-refractivity contribution in [1.82, 2.24) is 0 Å². The fraction of sp³-hybridized carbons (Fsp3) is 0.300. The standard InChI is InChI=1S/C20H26N2O4Si2/c1-3-15-27(16-4-2)25-19(23)21-22-20(24)26-28(17-11-7-5-8-12-17)18-13-9-6-10-14-18/h5-14,27-28H,3-4,15-16H2,1-2H3. The van der Waals surface area contributed by atoms with Gasteiger partial charge in [0.05, 0.1) is 0 Å². The normalized spacial score (nSPS) is 11.1. The first kappa shape index (κ1) is 21.7. The highest BCUT2D eigenvalue weighted by atomic mass is 28.3. The van der Waals surface area contributed by atoms with Crippen LogP contribution in [0.25, 0.3) is 0 Å². The number of nitrogens with zero attached hydrogens (tertiary/aromatic N) is 2. The molecule has 0 N–H and O–H groups in total. The Balaban J connectivity index is 2.03. The zero-order valence-electron chi connectivity index (χ0n) is 16.3. The summed E-state index contributed by atoms with van der Waals surface area (Å²) < 4.78 is 11.0. The molecule has 148 valence electrons. The van der Waals surface area contributed by atoms with Gasteiger partial charge in [0, 0.05) is 0 Å². The molecule has 2 aromatic carbocycles. The third kappa shape index (κ3) is 7.20. The Bertz CT molecular complexity index is 727. The van der Waals surface area contributed by atoms with E-state index < -0.39 is 30.3 Å². The van der Waals surface area contributed by atoms with E-state index >= 15 is 0 Å². The van der Waals surface area contributed by atoms with E-state index in [9.17, 15) is 9.59 Å². The number of carbonyl (C=O) groups excluding carboxylic acids is 2. The molecular formula is C20H26N2O4Si2. The molecule has 0 aliphatic carbocycles. The Morgan fingerprint density at radius 2 is 1.18 bits per heavy atom. The zero-order valence-corrected chi connectivity index (χ0v) is 18.6. The van der Waals surface area contributed by atoms with E-state index in [0.29, 0.717) is 0 Å². The molecule has 2 rings (SSSR count). The van der Waals surface area contributed by atoms with Crippen molar-refractivity contribution in [1.29, 1.82) is 0 Å². The van der Waals surface area contributed by atoms with Crippen molar-refractivity contribution >= 4 is 40.6 Å². The van der Waals surface area contributed by atoms with E-state index in [-0.39, 0.29) is 0 Å². The molecule has 0 aliphatic heterocycles. The average Bonchev–Trinajstić information content (AvgIpc) is 2.72. The van der Waals surface area contributed by atoms with Crippen LogP contribution in [0, 0.1) is 0 Å². The molecule has 0 aliphatic rings. The zero-order chi connectivity index (χ0) is 20.2. The molecule has 0 aromatic heterocycles. The van der Waals surface area contributed by atoms with E-state index in [1.807, 2.05) is 60.7 Å². The largest absolute Gasteiger partial charge is 0.504 e. The fourth-order valence-electron chi connectivity index (χ4n) is 2.86. The minimum absolute atomic E-state index is 0.798. The van der Waals surface area contributed by atoms with E-state index in [4.69, 9.17) is 8.85 Å². The van der Waals surface area contributed by atoms with Crippen molar-refractivity contribution in [2.24, 2.45) is 10.2 Å². The first-order valence-electron chi connectivity index (χ1n) is 9.56. The first-order valence-corrected chi connectivity index (χ1v) is 13.3. The quantitative estimate of drug-likeness (QED) is 0.486. The molecule has 0 radical (unpaired) electrons. The Kier molecular flexibility index (Phi) is 9.29. The summed E-state index contributed by atoms with van der Waals surface area (Å²) in [6.07, 6.45) is 0.258. The van der Waals surface area contributed by atoms with Gasteiger partial charge in [-0.1, -0.05) is 97.6 Å². The Morgan fingerprint density at radius 1 is 0.750 bits per heavy atom. The second-order valence-electron chi connectivity index (χ2n) is 6.37. The maximum atomic E-state index is 12.2. The molecule has 2 aromatic rings. The van der Waals surface area contributed by atoms with Crippen molar-refractivity contribution in [2.75, 3.05) is 0 Å². The predicted octanol–water partition coefficient (Wildman–Crippen LogP) is 3.79. The Labute approximate surface area is 169 Å². The minimum atomic E-state index is -2.27. The molecule has 2 amide bonds. The smallest absolute Gasteiger partial charge is 0.439 e. The van der Waals surface area contributed by atoms with Gasteiger partial charge in [-0.2, -0.15) is 0 Å². The van der Waals surface area contributed by atoms with Crippen LogP contribution < -0.4 is 10.4 Å². The molecule has 0 saturated carbocycles. The molecule has 0 atom stereocenters. The van der Waals surface area contributed by atoms with Crippen LogP contribution in [0.5, 0.6) is 0 Å². The minimum Gasteiger partial charge on any atom is -0.504 e. The summed E-state index contributed by atoms with van der Waals surface area (Å²) >= 11 is 0.